The first kappa shape index (κ1) is 15.8. The summed E-state index contributed by atoms with van der Waals surface area (Å²) in [6.07, 6.45) is 2.02. The summed E-state index contributed by atoms with van der Waals surface area (Å²) in [5.41, 5.74) is 0. The van der Waals surface area contributed by atoms with E-state index >= 15 is 0 Å². The van der Waals surface area contributed by atoms with Crippen molar-refractivity contribution in [3.63, 3.8) is 0 Å². The lowest BCUT2D eigenvalue weighted by molar-refractivity contribution is 0.158. The summed E-state index contributed by atoms with van der Waals surface area (Å²) in [6, 6.07) is 8.11. The van der Waals surface area contributed by atoms with Gasteiger partial charge in [-0.25, -0.2) is 0 Å². The third-order valence-corrected chi connectivity index (χ3v) is 2.88. The van der Waals surface area contributed by atoms with Crippen LogP contribution in [0.5, 0.6) is 11.5 Å². The van der Waals surface area contributed by atoms with Gasteiger partial charge >= 0.3 is 0 Å². The number of methoxy groups -OCH3 is 2. The second kappa shape index (κ2) is 9.64. The molecule has 1 atom stereocenters. The number of hydrogen-bond acceptors (Lipinski definition) is 4. The molecule has 1 rings (SSSR count). The lowest BCUT2D eigenvalue weighted by atomic mass is 10.2. The summed E-state index contributed by atoms with van der Waals surface area (Å²) in [5.74, 6) is 1.58. The Morgan fingerprint density at radius 1 is 1.16 bits per heavy atom. The summed E-state index contributed by atoms with van der Waals surface area (Å²) < 4.78 is 16.2. The Kier molecular flexibility index (Phi) is 8.02. The molecule has 0 saturated heterocycles. The third kappa shape index (κ3) is 5.94. The maximum absolute atomic E-state index is 5.74. The molecule has 19 heavy (non-hydrogen) atoms. The molecule has 4 nitrogen and oxygen atoms in total. The van der Waals surface area contributed by atoms with Gasteiger partial charge in [-0.3, -0.25) is 0 Å². The SMILES string of the molecule is CCNC(CCCOc1ccccc1OC)COC. The average molecular weight is 267 g/mol. The van der Waals surface area contributed by atoms with Crippen LogP contribution in [0.4, 0.5) is 0 Å². The van der Waals surface area contributed by atoms with Gasteiger partial charge in [0, 0.05) is 13.2 Å². The first-order valence-electron chi connectivity index (χ1n) is 6.80. The van der Waals surface area contributed by atoms with Gasteiger partial charge in [0.25, 0.3) is 0 Å². The molecule has 4 heteroatoms. The van der Waals surface area contributed by atoms with Gasteiger partial charge in [-0.2, -0.15) is 0 Å². The highest BCUT2D eigenvalue weighted by molar-refractivity contribution is 5.39. The minimum Gasteiger partial charge on any atom is -0.493 e. The van der Waals surface area contributed by atoms with E-state index in [4.69, 9.17) is 14.2 Å². The molecule has 0 spiro atoms. The molecule has 0 aliphatic heterocycles. The standard InChI is InChI=1S/C15H25NO3/c1-4-16-13(12-17-2)8-7-11-19-15-10-6-5-9-14(15)18-3/h5-6,9-10,13,16H,4,7-8,11-12H2,1-3H3. The largest absolute Gasteiger partial charge is 0.493 e. The number of ether oxygens (including phenoxy) is 3. The Morgan fingerprint density at radius 2 is 1.89 bits per heavy atom. The lowest BCUT2D eigenvalue weighted by Crippen LogP contribution is -2.33. The molecular formula is C15H25NO3. The molecule has 108 valence electrons. The highest BCUT2D eigenvalue weighted by atomic mass is 16.5. The fourth-order valence-electron chi connectivity index (χ4n) is 1.98. The Labute approximate surface area is 116 Å². The molecule has 1 aromatic carbocycles. The minimum atomic E-state index is 0.399. The summed E-state index contributed by atoms with van der Waals surface area (Å²) in [5, 5.41) is 3.40. The van der Waals surface area contributed by atoms with Crippen LogP contribution in [0.1, 0.15) is 19.8 Å². The molecule has 0 aliphatic rings. The van der Waals surface area contributed by atoms with Gasteiger partial charge in [0.2, 0.25) is 0 Å². The molecule has 1 unspecified atom stereocenters. The van der Waals surface area contributed by atoms with Crippen molar-refractivity contribution in [3.8, 4) is 11.5 Å². The van der Waals surface area contributed by atoms with Crippen molar-refractivity contribution in [2.45, 2.75) is 25.8 Å². The molecule has 0 radical (unpaired) electrons. The zero-order valence-corrected chi connectivity index (χ0v) is 12.1. The van der Waals surface area contributed by atoms with E-state index in [0.29, 0.717) is 12.6 Å². The predicted octanol–water partition coefficient (Wildman–Crippen LogP) is 2.48. The van der Waals surface area contributed by atoms with Gasteiger partial charge in [-0.05, 0) is 31.5 Å². The molecule has 1 N–H and O–H groups in total. The van der Waals surface area contributed by atoms with E-state index in [1.165, 1.54) is 0 Å². The highest BCUT2D eigenvalue weighted by Crippen LogP contribution is 2.25. The zero-order valence-electron chi connectivity index (χ0n) is 12.1. The van der Waals surface area contributed by atoms with Crippen LogP contribution in [-0.4, -0.2) is 40.0 Å². The van der Waals surface area contributed by atoms with Crippen LogP contribution in [0.3, 0.4) is 0 Å². The summed E-state index contributed by atoms with van der Waals surface area (Å²) >= 11 is 0. The highest BCUT2D eigenvalue weighted by Gasteiger charge is 2.07. The van der Waals surface area contributed by atoms with Crippen molar-refractivity contribution < 1.29 is 14.2 Å². The summed E-state index contributed by atoms with van der Waals surface area (Å²) in [4.78, 5) is 0. The maximum Gasteiger partial charge on any atom is 0.161 e. The molecule has 0 amide bonds. The molecule has 0 heterocycles. The van der Waals surface area contributed by atoms with Gasteiger partial charge in [0.1, 0.15) is 0 Å². The quantitative estimate of drug-likeness (QED) is 0.661. The number of nitrogens with one attached hydrogen (secondary N) is 1. The Balaban J connectivity index is 2.29. The van der Waals surface area contributed by atoms with E-state index in [1.54, 1.807) is 14.2 Å². The minimum absolute atomic E-state index is 0.399. The molecule has 0 bridgehead atoms. The van der Waals surface area contributed by atoms with Crippen LogP contribution in [0.2, 0.25) is 0 Å². The lowest BCUT2D eigenvalue weighted by Gasteiger charge is -2.17. The van der Waals surface area contributed by atoms with E-state index in [2.05, 4.69) is 12.2 Å². The number of para-hydroxylation sites is 2. The van der Waals surface area contributed by atoms with E-state index < -0.39 is 0 Å². The summed E-state index contributed by atoms with van der Waals surface area (Å²) in [7, 11) is 3.39. The van der Waals surface area contributed by atoms with E-state index in [1.807, 2.05) is 24.3 Å². The molecule has 1 aromatic rings. The molecular weight excluding hydrogens is 242 g/mol. The average Bonchev–Trinajstić information content (AvgIpc) is 2.44. The molecule has 0 aliphatic carbocycles. The normalized spacial score (nSPS) is 12.2. The van der Waals surface area contributed by atoms with Crippen LogP contribution in [0.15, 0.2) is 24.3 Å². The topological polar surface area (TPSA) is 39.7 Å². The first-order chi connectivity index (χ1) is 9.31. The number of rotatable bonds is 10. The third-order valence-electron chi connectivity index (χ3n) is 2.88. The van der Waals surface area contributed by atoms with Gasteiger partial charge < -0.3 is 19.5 Å². The van der Waals surface area contributed by atoms with Crippen molar-refractivity contribution in [3.05, 3.63) is 24.3 Å². The smallest absolute Gasteiger partial charge is 0.161 e. The fraction of sp³-hybridized carbons (Fsp3) is 0.600. The van der Waals surface area contributed by atoms with Crippen molar-refractivity contribution >= 4 is 0 Å². The zero-order chi connectivity index (χ0) is 13.9. The van der Waals surface area contributed by atoms with E-state index in [-0.39, 0.29) is 0 Å². The van der Waals surface area contributed by atoms with Crippen LogP contribution >= 0.6 is 0 Å². The van der Waals surface area contributed by atoms with Crippen molar-refractivity contribution in [2.24, 2.45) is 0 Å². The second-order valence-corrected chi connectivity index (χ2v) is 4.35. The summed E-state index contributed by atoms with van der Waals surface area (Å²) in [6.45, 7) is 4.49. The number of hydrogen-bond donors (Lipinski definition) is 1. The first-order valence-corrected chi connectivity index (χ1v) is 6.80. The Hall–Kier alpha value is -1.26. The monoisotopic (exact) mass is 267 g/mol. The molecule has 0 saturated carbocycles. The van der Waals surface area contributed by atoms with Crippen LogP contribution in [0, 0.1) is 0 Å². The predicted molar refractivity (Wildman–Crippen MR) is 77.1 cm³/mol. The van der Waals surface area contributed by atoms with E-state index in [9.17, 15) is 0 Å². The van der Waals surface area contributed by atoms with Crippen LogP contribution in [0.25, 0.3) is 0 Å². The van der Waals surface area contributed by atoms with Gasteiger partial charge in [-0.1, -0.05) is 19.1 Å². The van der Waals surface area contributed by atoms with E-state index in [0.717, 1.165) is 37.5 Å². The van der Waals surface area contributed by atoms with Crippen molar-refractivity contribution in [2.75, 3.05) is 34.0 Å². The second-order valence-electron chi connectivity index (χ2n) is 4.35. The Bertz CT molecular complexity index is 338. The van der Waals surface area contributed by atoms with Gasteiger partial charge in [0.05, 0.1) is 20.3 Å². The fourth-order valence-corrected chi connectivity index (χ4v) is 1.98. The van der Waals surface area contributed by atoms with Crippen LogP contribution < -0.4 is 14.8 Å². The Morgan fingerprint density at radius 3 is 2.53 bits per heavy atom. The molecule has 0 aromatic heterocycles. The van der Waals surface area contributed by atoms with Gasteiger partial charge in [0.15, 0.2) is 11.5 Å². The van der Waals surface area contributed by atoms with Gasteiger partial charge in [-0.15, -0.1) is 0 Å². The number of benzene rings is 1. The van der Waals surface area contributed by atoms with Crippen molar-refractivity contribution in [1.29, 1.82) is 0 Å². The van der Waals surface area contributed by atoms with Crippen molar-refractivity contribution in [1.82, 2.24) is 5.32 Å². The molecule has 0 fully saturated rings. The van der Waals surface area contributed by atoms with Crippen LogP contribution in [-0.2, 0) is 4.74 Å². The maximum atomic E-state index is 5.74. The number of likely N-dealkylation sites (N-methyl/N-ethyl adjacent to an activating group) is 1.